The molecule has 0 bridgehead atoms. The largest absolute Gasteiger partial charge is 0.326 e. The number of aryl methyl sites for hydroxylation is 2. The van der Waals surface area contributed by atoms with Gasteiger partial charge in [-0.3, -0.25) is 19.7 Å². The van der Waals surface area contributed by atoms with Crippen LogP contribution in [0.3, 0.4) is 0 Å². The van der Waals surface area contributed by atoms with Gasteiger partial charge >= 0.3 is 0 Å². The molecule has 29 heavy (non-hydrogen) atoms. The summed E-state index contributed by atoms with van der Waals surface area (Å²) in [7, 11) is 0. The van der Waals surface area contributed by atoms with Crippen LogP contribution < -0.4 is 10.9 Å². The topological polar surface area (TPSA) is 107 Å². The van der Waals surface area contributed by atoms with Crippen LogP contribution in [0.2, 0.25) is 0 Å². The van der Waals surface area contributed by atoms with Gasteiger partial charge in [-0.2, -0.15) is 5.10 Å². The van der Waals surface area contributed by atoms with Gasteiger partial charge in [-0.1, -0.05) is 30.3 Å². The fourth-order valence-electron chi connectivity index (χ4n) is 2.88. The number of nitrogens with one attached hydrogen (secondary N) is 1. The van der Waals surface area contributed by atoms with Gasteiger partial charge in [0.2, 0.25) is 5.91 Å². The molecule has 1 heterocycles. The minimum Gasteiger partial charge on any atom is -0.326 e. The summed E-state index contributed by atoms with van der Waals surface area (Å²) >= 11 is 0. The molecule has 2 aromatic carbocycles. The Hall–Kier alpha value is -3.81. The zero-order valence-corrected chi connectivity index (χ0v) is 15.9. The predicted octanol–water partition coefficient (Wildman–Crippen LogP) is 3.55. The number of nitrogens with zero attached hydrogens (tertiary/aromatic N) is 3. The fourth-order valence-corrected chi connectivity index (χ4v) is 2.88. The Balaban J connectivity index is 1.59. The number of amides is 1. The number of benzene rings is 2. The zero-order chi connectivity index (χ0) is 20.8. The lowest BCUT2D eigenvalue weighted by Gasteiger charge is -2.09. The molecule has 0 atom stereocenters. The summed E-state index contributed by atoms with van der Waals surface area (Å²) in [5, 5.41) is 17.9. The molecular formula is C21H20N4O4. The van der Waals surface area contributed by atoms with Crippen molar-refractivity contribution in [2.75, 3.05) is 5.32 Å². The molecule has 1 aromatic heterocycles. The van der Waals surface area contributed by atoms with E-state index in [1.807, 2.05) is 30.3 Å². The Morgan fingerprint density at radius 2 is 1.90 bits per heavy atom. The number of carbonyl (C=O) groups excluding carboxylic acids is 1. The minimum absolute atomic E-state index is 0.0238. The van der Waals surface area contributed by atoms with E-state index in [4.69, 9.17) is 0 Å². The van der Waals surface area contributed by atoms with Crippen LogP contribution in [-0.4, -0.2) is 20.6 Å². The second-order valence-electron chi connectivity index (χ2n) is 6.55. The van der Waals surface area contributed by atoms with E-state index in [9.17, 15) is 19.7 Å². The van der Waals surface area contributed by atoms with Gasteiger partial charge in [0.15, 0.2) is 0 Å². The maximum atomic E-state index is 12.2. The van der Waals surface area contributed by atoms with Crippen LogP contribution in [0.4, 0.5) is 11.4 Å². The Kier molecular flexibility index (Phi) is 6.13. The molecule has 0 aliphatic rings. The molecule has 3 aromatic rings. The fraction of sp³-hybridized carbons (Fsp3) is 0.190. The Labute approximate surface area is 167 Å². The summed E-state index contributed by atoms with van der Waals surface area (Å²) in [6, 6.07) is 17.0. The third-order valence-electron chi connectivity index (χ3n) is 4.40. The highest BCUT2D eigenvalue weighted by molar-refractivity contribution is 5.91. The first-order chi connectivity index (χ1) is 13.9. The molecule has 8 heteroatoms. The first-order valence-corrected chi connectivity index (χ1v) is 9.12. The molecule has 0 saturated carbocycles. The van der Waals surface area contributed by atoms with Crippen LogP contribution in [-0.2, 0) is 11.3 Å². The molecular weight excluding hydrogens is 372 g/mol. The van der Waals surface area contributed by atoms with Crippen molar-refractivity contribution in [3.63, 3.8) is 0 Å². The van der Waals surface area contributed by atoms with Crippen LogP contribution in [0, 0.1) is 17.0 Å². The van der Waals surface area contributed by atoms with E-state index in [1.54, 1.807) is 13.0 Å². The number of nitro groups is 1. The summed E-state index contributed by atoms with van der Waals surface area (Å²) < 4.78 is 1.35. The summed E-state index contributed by atoms with van der Waals surface area (Å²) in [5.41, 5.74) is 2.49. The van der Waals surface area contributed by atoms with Gasteiger partial charge in [0.05, 0.1) is 10.6 Å². The third-order valence-corrected chi connectivity index (χ3v) is 4.40. The molecule has 0 unspecified atom stereocenters. The maximum Gasteiger partial charge on any atom is 0.269 e. The number of carbonyl (C=O) groups is 1. The van der Waals surface area contributed by atoms with Crippen molar-refractivity contribution in [2.24, 2.45) is 0 Å². The zero-order valence-electron chi connectivity index (χ0n) is 15.9. The Bertz CT molecular complexity index is 1090. The van der Waals surface area contributed by atoms with Crippen LogP contribution in [0.15, 0.2) is 65.5 Å². The lowest BCUT2D eigenvalue weighted by molar-refractivity contribution is -0.384. The molecule has 1 N–H and O–H groups in total. The van der Waals surface area contributed by atoms with E-state index in [2.05, 4.69) is 10.4 Å². The van der Waals surface area contributed by atoms with Gasteiger partial charge in [-0.05, 0) is 31.0 Å². The van der Waals surface area contributed by atoms with Crippen molar-refractivity contribution in [1.82, 2.24) is 9.78 Å². The summed E-state index contributed by atoms with van der Waals surface area (Å²) in [6.07, 6.45) is 0.628. The number of hydrogen-bond donors (Lipinski definition) is 1. The standard InChI is InChI=1S/C21H20N4O4/c1-15-14-17(25(28)29)9-10-18(15)22-20(26)8-5-13-24-21(27)12-11-19(23-24)16-6-3-2-4-7-16/h2-4,6-7,9-12,14H,5,8,13H2,1H3,(H,22,26). The molecule has 1 amide bonds. The van der Waals surface area contributed by atoms with Gasteiger partial charge in [0.25, 0.3) is 11.2 Å². The summed E-state index contributed by atoms with van der Waals surface area (Å²) in [6.45, 7) is 2.01. The van der Waals surface area contributed by atoms with Crippen molar-refractivity contribution in [3.8, 4) is 11.3 Å². The second kappa shape index (κ2) is 8.92. The molecule has 3 rings (SSSR count). The van der Waals surface area contributed by atoms with Crippen molar-refractivity contribution < 1.29 is 9.72 Å². The minimum atomic E-state index is -0.479. The summed E-state index contributed by atoms with van der Waals surface area (Å²) in [4.78, 5) is 34.6. The molecule has 0 spiro atoms. The van der Waals surface area contributed by atoms with Crippen LogP contribution in [0.5, 0.6) is 0 Å². The predicted molar refractivity (Wildman–Crippen MR) is 110 cm³/mol. The average molecular weight is 392 g/mol. The molecule has 0 radical (unpaired) electrons. The maximum absolute atomic E-state index is 12.2. The molecule has 8 nitrogen and oxygen atoms in total. The third kappa shape index (κ3) is 5.13. The summed E-state index contributed by atoms with van der Waals surface area (Å²) in [5.74, 6) is -0.228. The normalized spacial score (nSPS) is 10.5. The quantitative estimate of drug-likeness (QED) is 0.489. The first-order valence-electron chi connectivity index (χ1n) is 9.12. The van der Waals surface area contributed by atoms with Crippen LogP contribution in [0.25, 0.3) is 11.3 Å². The number of aromatic nitrogens is 2. The number of non-ortho nitro benzene ring substituents is 1. The molecule has 0 aliphatic heterocycles. The Morgan fingerprint density at radius 3 is 2.59 bits per heavy atom. The van der Waals surface area contributed by atoms with E-state index >= 15 is 0 Å². The van der Waals surface area contributed by atoms with E-state index in [0.717, 1.165) is 5.56 Å². The average Bonchev–Trinajstić information content (AvgIpc) is 2.71. The molecule has 0 saturated heterocycles. The van der Waals surface area contributed by atoms with Gasteiger partial charge in [0, 0.05) is 42.4 Å². The smallest absolute Gasteiger partial charge is 0.269 e. The molecule has 0 aliphatic carbocycles. The number of rotatable bonds is 7. The lowest BCUT2D eigenvalue weighted by Crippen LogP contribution is -2.23. The van der Waals surface area contributed by atoms with Crippen molar-refractivity contribution in [1.29, 1.82) is 0 Å². The monoisotopic (exact) mass is 392 g/mol. The van der Waals surface area contributed by atoms with E-state index in [0.29, 0.717) is 29.9 Å². The van der Waals surface area contributed by atoms with Gasteiger partial charge in [0.1, 0.15) is 0 Å². The first kappa shape index (κ1) is 19.9. The Morgan fingerprint density at radius 1 is 1.14 bits per heavy atom. The highest BCUT2D eigenvalue weighted by Gasteiger charge is 2.11. The van der Waals surface area contributed by atoms with Gasteiger partial charge in [-0.25, -0.2) is 4.68 Å². The number of anilines is 1. The molecule has 0 fully saturated rings. The highest BCUT2D eigenvalue weighted by Crippen LogP contribution is 2.21. The lowest BCUT2D eigenvalue weighted by atomic mass is 10.1. The van der Waals surface area contributed by atoms with E-state index < -0.39 is 4.92 Å². The van der Waals surface area contributed by atoms with Crippen LogP contribution >= 0.6 is 0 Å². The van der Waals surface area contributed by atoms with Crippen molar-refractivity contribution in [3.05, 3.63) is 86.7 Å². The van der Waals surface area contributed by atoms with Crippen LogP contribution in [0.1, 0.15) is 18.4 Å². The highest BCUT2D eigenvalue weighted by atomic mass is 16.6. The number of nitro benzene ring substituents is 1. The van der Waals surface area contributed by atoms with E-state index in [-0.39, 0.29) is 23.6 Å². The second-order valence-corrected chi connectivity index (χ2v) is 6.55. The van der Waals surface area contributed by atoms with E-state index in [1.165, 1.54) is 28.9 Å². The SMILES string of the molecule is Cc1cc([N+](=O)[O-])ccc1NC(=O)CCCn1nc(-c2ccccc2)ccc1=O. The van der Waals surface area contributed by atoms with Gasteiger partial charge in [-0.15, -0.1) is 0 Å². The molecule has 148 valence electrons. The number of hydrogen-bond acceptors (Lipinski definition) is 5. The van der Waals surface area contributed by atoms with Gasteiger partial charge < -0.3 is 5.32 Å². The van der Waals surface area contributed by atoms with Crippen molar-refractivity contribution in [2.45, 2.75) is 26.3 Å². The van der Waals surface area contributed by atoms with Crippen molar-refractivity contribution >= 4 is 17.3 Å².